The Hall–Kier alpha value is -3.48. The highest BCUT2D eigenvalue weighted by Gasteiger charge is 2.20. The minimum absolute atomic E-state index is 0.187. The van der Waals surface area contributed by atoms with Crippen LogP contribution in [-0.4, -0.2) is 30.0 Å². The summed E-state index contributed by atoms with van der Waals surface area (Å²) in [7, 11) is 0. The smallest absolute Gasteiger partial charge is 0.297 e. The van der Waals surface area contributed by atoms with Crippen LogP contribution in [0.25, 0.3) is 23.1 Å². The summed E-state index contributed by atoms with van der Waals surface area (Å²) in [5, 5.41) is 18.1. The highest BCUT2D eigenvalue weighted by atomic mass is 16.5. The monoisotopic (exact) mass is 375 g/mol. The summed E-state index contributed by atoms with van der Waals surface area (Å²) in [5.74, 6) is 2.46. The van der Waals surface area contributed by atoms with Crippen LogP contribution in [0.3, 0.4) is 0 Å². The zero-order valence-corrected chi connectivity index (χ0v) is 15.8. The molecule has 0 aliphatic rings. The standard InChI is InChI=1S/C21H21N5O2/c1-3-14(2)20-22-19(24-26(20)13-15-7-5-4-6-8-15)21-23-18(25-28-21)16-9-11-17(27)12-10-16/h4-12,14,27H,3,13H2,1-2H3. The molecule has 0 aliphatic carbocycles. The number of rotatable bonds is 6. The van der Waals surface area contributed by atoms with Gasteiger partial charge in [-0.15, -0.1) is 5.10 Å². The van der Waals surface area contributed by atoms with E-state index < -0.39 is 0 Å². The summed E-state index contributed by atoms with van der Waals surface area (Å²) in [4.78, 5) is 9.11. The molecule has 2 heterocycles. The molecule has 0 saturated carbocycles. The molecule has 0 fully saturated rings. The van der Waals surface area contributed by atoms with E-state index in [4.69, 9.17) is 4.52 Å². The minimum Gasteiger partial charge on any atom is -0.508 e. The predicted octanol–water partition coefficient (Wildman–Crippen LogP) is 4.26. The maximum atomic E-state index is 9.43. The summed E-state index contributed by atoms with van der Waals surface area (Å²) in [6.45, 7) is 4.89. The first kappa shape index (κ1) is 17.9. The van der Waals surface area contributed by atoms with Crippen LogP contribution in [0.2, 0.25) is 0 Å². The molecule has 2 aromatic carbocycles. The van der Waals surface area contributed by atoms with E-state index in [1.165, 1.54) is 0 Å². The second-order valence-electron chi connectivity index (χ2n) is 6.72. The van der Waals surface area contributed by atoms with Gasteiger partial charge in [-0.1, -0.05) is 49.3 Å². The molecule has 1 N–H and O–H groups in total. The maximum Gasteiger partial charge on any atom is 0.297 e. The van der Waals surface area contributed by atoms with Gasteiger partial charge in [0.15, 0.2) is 0 Å². The number of aromatic hydroxyl groups is 1. The topological polar surface area (TPSA) is 89.9 Å². The molecule has 7 heteroatoms. The Morgan fingerprint density at radius 1 is 1.00 bits per heavy atom. The molecule has 0 bridgehead atoms. The van der Waals surface area contributed by atoms with Crippen molar-refractivity contribution in [2.45, 2.75) is 32.7 Å². The molecule has 4 rings (SSSR count). The second kappa shape index (κ2) is 7.64. The molecular formula is C21H21N5O2. The zero-order chi connectivity index (χ0) is 19.5. The van der Waals surface area contributed by atoms with Gasteiger partial charge in [-0.25, -0.2) is 9.67 Å². The Bertz CT molecular complexity index is 1050. The van der Waals surface area contributed by atoms with Crippen molar-refractivity contribution in [2.24, 2.45) is 0 Å². The van der Waals surface area contributed by atoms with E-state index in [2.05, 4.69) is 46.2 Å². The van der Waals surface area contributed by atoms with E-state index in [1.807, 2.05) is 22.9 Å². The maximum absolute atomic E-state index is 9.43. The number of nitrogens with zero attached hydrogens (tertiary/aromatic N) is 5. The molecule has 0 spiro atoms. The van der Waals surface area contributed by atoms with E-state index in [9.17, 15) is 5.11 Å². The minimum atomic E-state index is 0.187. The lowest BCUT2D eigenvalue weighted by molar-refractivity contribution is 0.429. The fraction of sp³-hybridized carbons (Fsp3) is 0.238. The third-order valence-electron chi connectivity index (χ3n) is 4.67. The van der Waals surface area contributed by atoms with Crippen molar-refractivity contribution in [1.82, 2.24) is 24.9 Å². The molecule has 7 nitrogen and oxygen atoms in total. The van der Waals surface area contributed by atoms with Crippen LogP contribution in [0.15, 0.2) is 59.1 Å². The summed E-state index contributed by atoms with van der Waals surface area (Å²) in [5.41, 5.74) is 1.90. The number of benzene rings is 2. The molecule has 0 amide bonds. The van der Waals surface area contributed by atoms with Crippen LogP contribution < -0.4 is 0 Å². The Kier molecular flexibility index (Phi) is 4.89. The molecule has 0 radical (unpaired) electrons. The van der Waals surface area contributed by atoms with Crippen molar-refractivity contribution < 1.29 is 9.63 Å². The van der Waals surface area contributed by atoms with Gasteiger partial charge >= 0.3 is 0 Å². The molecule has 1 atom stereocenters. The van der Waals surface area contributed by atoms with Crippen molar-refractivity contribution in [3.05, 3.63) is 66.0 Å². The normalized spacial score (nSPS) is 12.2. The molecule has 28 heavy (non-hydrogen) atoms. The van der Waals surface area contributed by atoms with Crippen LogP contribution >= 0.6 is 0 Å². The highest BCUT2D eigenvalue weighted by molar-refractivity contribution is 5.57. The van der Waals surface area contributed by atoms with Gasteiger partial charge in [0.25, 0.3) is 5.89 Å². The van der Waals surface area contributed by atoms with E-state index in [-0.39, 0.29) is 17.6 Å². The van der Waals surface area contributed by atoms with Crippen LogP contribution in [0.4, 0.5) is 0 Å². The molecule has 1 unspecified atom stereocenters. The Morgan fingerprint density at radius 3 is 2.46 bits per heavy atom. The second-order valence-corrected chi connectivity index (χ2v) is 6.72. The molecule has 142 valence electrons. The highest BCUT2D eigenvalue weighted by Crippen LogP contribution is 2.25. The van der Waals surface area contributed by atoms with E-state index in [1.54, 1.807) is 24.3 Å². The predicted molar refractivity (Wildman–Crippen MR) is 105 cm³/mol. The number of hydrogen-bond donors (Lipinski definition) is 1. The summed E-state index contributed by atoms with van der Waals surface area (Å²) >= 11 is 0. The van der Waals surface area contributed by atoms with Gasteiger partial charge < -0.3 is 9.63 Å². The average Bonchev–Trinajstić information content (AvgIpc) is 3.36. The lowest BCUT2D eigenvalue weighted by Crippen LogP contribution is -2.09. The Morgan fingerprint density at radius 2 is 1.75 bits per heavy atom. The van der Waals surface area contributed by atoms with Gasteiger partial charge in [-0.05, 0) is 36.2 Å². The molecule has 0 aliphatic heterocycles. The SMILES string of the molecule is CCC(C)c1nc(-c2nc(-c3ccc(O)cc3)no2)nn1Cc1ccccc1. The summed E-state index contributed by atoms with van der Waals surface area (Å²) in [6.07, 6.45) is 0.954. The van der Waals surface area contributed by atoms with Crippen LogP contribution in [0.5, 0.6) is 5.75 Å². The van der Waals surface area contributed by atoms with Gasteiger partial charge in [0, 0.05) is 11.5 Å². The van der Waals surface area contributed by atoms with Gasteiger partial charge in [-0.3, -0.25) is 0 Å². The van der Waals surface area contributed by atoms with Crippen LogP contribution in [0.1, 0.15) is 37.6 Å². The van der Waals surface area contributed by atoms with Crippen molar-refractivity contribution in [3.63, 3.8) is 0 Å². The van der Waals surface area contributed by atoms with E-state index in [0.29, 0.717) is 18.2 Å². The summed E-state index contributed by atoms with van der Waals surface area (Å²) in [6, 6.07) is 16.8. The quantitative estimate of drug-likeness (QED) is 0.541. The lowest BCUT2D eigenvalue weighted by Gasteiger charge is -2.10. The molecule has 0 saturated heterocycles. The third kappa shape index (κ3) is 3.64. The molecule has 4 aromatic rings. The zero-order valence-electron chi connectivity index (χ0n) is 15.8. The number of hydrogen-bond acceptors (Lipinski definition) is 6. The largest absolute Gasteiger partial charge is 0.508 e. The van der Waals surface area contributed by atoms with Gasteiger partial charge in [-0.2, -0.15) is 4.98 Å². The first-order chi connectivity index (χ1) is 13.6. The third-order valence-corrected chi connectivity index (χ3v) is 4.67. The fourth-order valence-corrected chi connectivity index (χ4v) is 2.91. The lowest BCUT2D eigenvalue weighted by atomic mass is 10.1. The first-order valence-electron chi connectivity index (χ1n) is 9.26. The van der Waals surface area contributed by atoms with Crippen molar-refractivity contribution in [1.29, 1.82) is 0 Å². The van der Waals surface area contributed by atoms with Crippen molar-refractivity contribution in [2.75, 3.05) is 0 Å². The van der Waals surface area contributed by atoms with E-state index >= 15 is 0 Å². The Labute approximate surface area is 162 Å². The first-order valence-corrected chi connectivity index (χ1v) is 9.26. The van der Waals surface area contributed by atoms with Gasteiger partial charge in [0.2, 0.25) is 11.6 Å². The molecular weight excluding hydrogens is 354 g/mol. The van der Waals surface area contributed by atoms with Crippen LogP contribution in [0, 0.1) is 0 Å². The average molecular weight is 375 g/mol. The van der Waals surface area contributed by atoms with Crippen molar-refractivity contribution >= 4 is 0 Å². The van der Waals surface area contributed by atoms with Crippen molar-refractivity contribution in [3.8, 4) is 28.9 Å². The molecule has 2 aromatic heterocycles. The fourth-order valence-electron chi connectivity index (χ4n) is 2.91. The summed E-state index contributed by atoms with van der Waals surface area (Å²) < 4.78 is 7.31. The number of phenolic OH excluding ortho intramolecular Hbond substituents is 1. The van der Waals surface area contributed by atoms with Crippen LogP contribution in [-0.2, 0) is 6.54 Å². The number of phenols is 1. The number of aromatic nitrogens is 5. The Balaban J connectivity index is 1.67. The van der Waals surface area contributed by atoms with Gasteiger partial charge in [0.05, 0.1) is 6.54 Å². The van der Waals surface area contributed by atoms with Gasteiger partial charge in [0.1, 0.15) is 11.6 Å². The van der Waals surface area contributed by atoms with E-state index in [0.717, 1.165) is 23.4 Å².